The van der Waals surface area contributed by atoms with Crippen molar-refractivity contribution in [2.45, 2.75) is 6.61 Å². The van der Waals surface area contributed by atoms with Crippen molar-refractivity contribution in [3.8, 4) is 11.5 Å². The van der Waals surface area contributed by atoms with Crippen molar-refractivity contribution in [2.24, 2.45) is 5.10 Å². The van der Waals surface area contributed by atoms with E-state index < -0.39 is 0 Å². The van der Waals surface area contributed by atoms with Crippen LogP contribution in [0.2, 0.25) is 10.0 Å². The average molecular weight is 460 g/mol. The first-order valence-corrected chi connectivity index (χ1v) is 10.1. The fourth-order valence-electron chi connectivity index (χ4n) is 2.52. The minimum atomic E-state index is 0.292. The van der Waals surface area contributed by atoms with Gasteiger partial charge in [-0.15, -0.1) is 0 Å². The number of thiocarbonyl (C=S) groups is 1. The van der Waals surface area contributed by atoms with Crippen LogP contribution in [0.4, 0.5) is 5.69 Å². The molecule has 8 heteroatoms. The van der Waals surface area contributed by atoms with Gasteiger partial charge in [-0.2, -0.15) is 5.10 Å². The molecular weight excluding hydrogens is 441 g/mol. The van der Waals surface area contributed by atoms with Gasteiger partial charge in [0.2, 0.25) is 0 Å². The lowest BCUT2D eigenvalue weighted by Gasteiger charge is -2.12. The van der Waals surface area contributed by atoms with Crippen LogP contribution in [0.25, 0.3) is 0 Å². The molecule has 5 nitrogen and oxygen atoms in total. The van der Waals surface area contributed by atoms with Crippen molar-refractivity contribution in [2.75, 3.05) is 12.4 Å². The van der Waals surface area contributed by atoms with Gasteiger partial charge in [-0.1, -0.05) is 47.5 Å². The van der Waals surface area contributed by atoms with E-state index in [1.165, 1.54) is 0 Å². The maximum Gasteiger partial charge on any atom is 0.191 e. The van der Waals surface area contributed by atoms with Gasteiger partial charge in [0.15, 0.2) is 16.6 Å². The lowest BCUT2D eigenvalue weighted by molar-refractivity contribution is 0.284. The number of benzene rings is 3. The van der Waals surface area contributed by atoms with E-state index >= 15 is 0 Å². The second-order valence-electron chi connectivity index (χ2n) is 6.12. The van der Waals surface area contributed by atoms with Crippen LogP contribution in [0.5, 0.6) is 11.5 Å². The van der Waals surface area contributed by atoms with Gasteiger partial charge in [0.25, 0.3) is 0 Å². The van der Waals surface area contributed by atoms with Gasteiger partial charge in [0.1, 0.15) is 6.61 Å². The van der Waals surface area contributed by atoms with E-state index in [9.17, 15) is 0 Å². The molecule has 3 aromatic rings. The summed E-state index contributed by atoms with van der Waals surface area (Å²) >= 11 is 17.3. The number of hydrogen-bond acceptors (Lipinski definition) is 4. The zero-order valence-electron chi connectivity index (χ0n) is 16.1. The normalized spacial score (nSPS) is 10.6. The van der Waals surface area contributed by atoms with E-state index in [0.717, 1.165) is 16.8 Å². The molecule has 0 spiro atoms. The Kier molecular flexibility index (Phi) is 7.90. The molecule has 30 heavy (non-hydrogen) atoms. The third-order valence-electron chi connectivity index (χ3n) is 4.00. The number of ether oxygens (including phenoxy) is 2. The molecule has 0 bridgehead atoms. The molecule has 0 saturated carbocycles. The highest BCUT2D eigenvalue weighted by Gasteiger charge is 2.08. The molecule has 0 saturated heterocycles. The molecular formula is C22H19Cl2N3O2S. The molecule has 0 amide bonds. The van der Waals surface area contributed by atoms with Crippen molar-refractivity contribution in [3.63, 3.8) is 0 Å². The molecule has 0 aliphatic rings. The van der Waals surface area contributed by atoms with Crippen LogP contribution in [0, 0.1) is 0 Å². The van der Waals surface area contributed by atoms with Gasteiger partial charge in [0, 0.05) is 21.3 Å². The highest BCUT2D eigenvalue weighted by Crippen LogP contribution is 2.29. The summed E-state index contributed by atoms with van der Waals surface area (Å²) in [6.45, 7) is 0.292. The number of hydrazone groups is 1. The molecule has 0 atom stereocenters. The van der Waals surface area contributed by atoms with Crippen LogP contribution in [-0.4, -0.2) is 18.4 Å². The zero-order valence-corrected chi connectivity index (χ0v) is 18.4. The van der Waals surface area contributed by atoms with Crippen molar-refractivity contribution in [3.05, 3.63) is 87.9 Å². The summed E-state index contributed by atoms with van der Waals surface area (Å²) < 4.78 is 11.3. The topological polar surface area (TPSA) is 54.9 Å². The molecule has 0 radical (unpaired) electrons. The lowest BCUT2D eigenvalue weighted by Crippen LogP contribution is -2.23. The Morgan fingerprint density at radius 1 is 1.03 bits per heavy atom. The van der Waals surface area contributed by atoms with Crippen LogP contribution < -0.4 is 20.2 Å². The van der Waals surface area contributed by atoms with Crippen molar-refractivity contribution < 1.29 is 9.47 Å². The Morgan fingerprint density at radius 3 is 2.57 bits per heavy atom. The summed E-state index contributed by atoms with van der Waals surface area (Å²) in [7, 11) is 1.58. The molecule has 0 fully saturated rings. The number of hydrogen-bond donors (Lipinski definition) is 2. The fourth-order valence-corrected chi connectivity index (χ4v) is 3.16. The summed E-state index contributed by atoms with van der Waals surface area (Å²) in [6, 6.07) is 20.4. The SMILES string of the molecule is COc1cc(/C=N/NC(=S)Nc2ccccc2)ccc1OCc1ccc(Cl)cc1Cl. The maximum absolute atomic E-state index is 6.19. The molecule has 2 N–H and O–H groups in total. The van der Waals surface area contributed by atoms with E-state index in [1.54, 1.807) is 25.5 Å². The van der Waals surface area contributed by atoms with Crippen molar-refractivity contribution >= 4 is 52.4 Å². The molecule has 154 valence electrons. The van der Waals surface area contributed by atoms with Gasteiger partial charge in [-0.05, 0) is 60.2 Å². The number of nitrogens with zero attached hydrogens (tertiary/aromatic N) is 1. The summed E-state index contributed by atoms with van der Waals surface area (Å²) in [4.78, 5) is 0. The highest BCUT2D eigenvalue weighted by molar-refractivity contribution is 7.80. The highest BCUT2D eigenvalue weighted by atomic mass is 35.5. The summed E-state index contributed by atoms with van der Waals surface area (Å²) in [5, 5.41) is 8.72. The summed E-state index contributed by atoms with van der Waals surface area (Å²) in [6.07, 6.45) is 1.64. The standard InChI is InChI=1S/C22H19Cl2N3O2S/c1-28-21-11-15(13-25-27-22(30)26-18-5-3-2-4-6-18)7-10-20(21)29-14-16-8-9-17(23)12-19(16)24/h2-13H,14H2,1H3,(H2,26,27,30)/b25-13+. The molecule has 0 aliphatic carbocycles. The van der Waals surface area contributed by atoms with E-state index in [0.29, 0.717) is 33.3 Å². The molecule has 3 aromatic carbocycles. The first-order chi connectivity index (χ1) is 14.5. The number of para-hydroxylation sites is 1. The minimum Gasteiger partial charge on any atom is -0.493 e. The number of methoxy groups -OCH3 is 1. The van der Waals surface area contributed by atoms with E-state index in [1.807, 2.05) is 54.6 Å². The van der Waals surface area contributed by atoms with Gasteiger partial charge < -0.3 is 14.8 Å². The predicted molar refractivity (Wildman–Crippen MR) is 127 cm³/mol. The van der Waals surface area contributed by atoms with E-state index in [2.05, 4.69) is 15.8 Å². The van der Waals surface area contributed by atoms with Crippen LogP contribution >= 0.6 is 35.4 Å². The first-order valence-electron chi connectivity index (χ1n) is 8.95. The smallest absolute Gasteiger partial charge is 0.191 e. The van der Waals surface area contributed by atoms with Gasteiger partial charge in [-0.3, -0.25) is 5.43 Å². The number of anilines is 1. The quantitative estimate of drug-likeness (QED) is 0.261. The van der Waals surface area contributed by atoms with Crippen LogP contribution in [0.3, 0.4) is 0 Å². The Labute approximate surface area is 190 Å². The Hall–Kier alpha value is -2.80. The largest absolute Gasteiger partial charge is 0.493 e. The number of rotatable bonds is 7. The minimum absolute atomic E-state index is 0.292. The monoisotopic (exact) mass is 459 g/mol. The summed E-state index contributed by atoms with van der Waals surface area (Å²) in [5.74, 6) is 1.17. The van der Waals surface area contributed by atoms with Crippen LogP contribution in [0.15, 0.2) is 71.8 Å². The second kappa shape index (κ2) is 10.8. The lowest BCUT2D eigenvalue weighted by atomic mass is 10.2. The molecule has 0 aliphatic heterocycles. The van der Waals surface area contributed by atoms with Crippen molar-refractivity contribution in [1.29, 1.82) is 0 Å². The van der Waals surface area contributed by atoms with Gasteiger partial charge in [0.05, 0.1) is 13.3 Å². The average Bonchev–Trinajstić information content (AvgIpc) is 2.74. The van der Waals surface area contributed by atoms with Gasteiger partial charge in [-0.25, -0.2) is 0 Å². The zero-order chi connectivity index (χ0) is 21.3. The second-order valence-corrected chi connectivity index (χ2v) is 7.38. The number of halogens is 2. The molecule has 0 aromatic heterocycles. The maximum atomic E-state index is 6.19. The fraction of sp³-hybridized carbons (Fsp3) is 0.0909. The third-order valence-corrected chi connectivity index (χ3v) is 4.78. The Bertz CT molecular complexity index is 1050. The molecule has 0 heterocycles. The van der Waals surface area contributed by atoms with Gasteiger partial charge >= 0.3 is 0 Å². The van der Waals surface area contributed by atoms with Crippen LogP contribution in [-0.2, 0) is 6.61 Å². The van der Waals surface area contributed by atoms with Crippen molar-refractivity contribution in [1.82, 2.24) is 5.43 Å². The van der Waals surface area contributed by atoms with E-state index in [-0.39, 0.29) is 0 Å². The predicted octanol–water partition coefficient (Wildman–Crippen LogP) is 5.90. The Balaban J connectivity index is 1.59. The van der Waals surface area contributed by atoms with Crippen LogP contribution in [0.1, 0.15) is 11.1 Å². The van der Waals surface area contributed by atoms with E-state index in [4.69, 9.17) is 44.9 Å². The summed E-state index contributed by atoms with van der Waals surface area (Å²) in [5.41, 5.74) is 5.31. The molecule has 3 rings (SSSR count). The third kappa shape index (κ3) is 6.35. The Morgan fingerprint density at radius 2 is 1.83 bits per heavy atom. The number of nitrogens with one attached hydrogen (secondary N) is 2. The first kappa shape index (κ1) is 21.9. The molecule has 0 unspecified atom stereocenters.